The van der Waals surface area contributed by atoms with Crippen molar-refractivity contribution in [1.82, 2.24) is 0 Å². The molecule has 0 spiro atoms. The van der Waals surface area contributed by atoms with Gasteiger partial charge in [-0.25, -0.2) is 0 Å². The van der Waals surface area contributed by atoms with Gasteiger partial charge in [0.2, 0.25) is 0 Å². The molecule has 0 amide bonds. The van der Waals surface area contributed by atoms with Crippen molar-refractivity contribution in [1.29, 1.82) is 0 Å². The van der Waals surface area contributed by atoms with Gasteiger partial charge in [-0.2, -0.15) is 0 Å². The number of aryl methyl sites for hydroxylation is 1. The maximum Gasteiger partial charge on any atom is 0.0838 e. The van der Waals surface area contributed by atoms with Crippen LogP contribution in [0.1, 0.15) is 51.3 Å². The second kappa shape index (κ2) is 4.21. The zero-order chi connectivity index (χ0) is 11.8. The maximum absolute atomic E-state index is 6.29. The molecular formula is C15H22O. The molecule has 1 heteroatoms. The first-order valence-corrected chi connectivity index (χ1v) is 6.26. The van der Waals surface area contributed by atoms with Crippen molar-refractivity contribution in [2.75, 3.05) is 0 Å². The first kappa shape index (κ1) is 11.7. The van der Waals surface area contributed by atoms with Gasteiger partial charge in [0.25, 0.3) is 0 Å². The fourth-order valence-corrected chi connectivity index (χ4v) is 2.14. The van der Waals surface area contributed by atoms with Gasteiger partial charge in [0.05, 0.1) is 11.7 Å². The average molecular weight is 218 g/mol. The summed E-state index contributed by atoms with van der Waals surface area (Å²) < 4.78 is 6.29. The lowest BCUT2D eigenvalue weighted by molar-refractivity contribution is -0.0989. The number of hydrogen-bond donors (Lipinski definition) is 0. The summed E-state index contributed by atoms with van der Waals surface area (Å²) in [7, 11) is 0. The van der Waals surface area contributed by atoms with E-state index in [1.807, 2.05) is 0 Å². The van der Waals surface area contributed by atoms with Crippen LogP contribution in [0.15, 0.2) is 24.3 Å². The zero-order valence-electron chi connectivity index (χ0n) is 10.8. The van der Waals surface area contributed by atoms with Crippen LogP contribution < -0.4 is 0 Å². The zero-order valence-corrected chi connectivity index (χ0v) is 10.8. The summed E-state index contributed by atoms with van der Waals surface area (Å²) in [4.78, 5) is 0. The first-order valence-electron chi connectivity index (χ1n) is 6.26. The fraction of sp³-hybridized carbons (Fsp3) is 0.600. The van der Waals surface area contributed by atoms with Gasteiger partial charge in [0.15, 0.2) is 0 Å². The van der Waals surface area contributed by atoms with E-state index >= 15 is 0 Å². The van der Waals surface area contributed by atoms with Crippen LogP contribution in [0.5, 0.6) is 0 Å². The van der Waals surface area contributed by atoms with E-state index in [-0.39, 0.29) is 5.60 Å². The number of benzene rings is 1. The van der Waals surface area contributed by atoms with Crippen molar-refractivity contribution in [3.05, 3.63) is 35.4 Å². The summed E-state index contributed by atoms with van der Waals surface area (Å²) in [5.74, 6) is 0.542. The Morgan fingerprint density at radius 2 is 1.94 bits per heavy atom. The second-order valence-corrected chi connectivity index (χ2v) is 5.60. The summed E-state index contributed by atoms with van der Waals surface area (Å²) in [6.45, 7) is 8.83. The highest BCUT2D eigenvalue weighted by atomic mass is 16.5. The average Bonchev–Trinajstić information content (AvgIpc) is 2.61. The van der Waals surface area contributed by atoms with Crippen LogP contribution >= 0.6 is 0 Å². The minimum absolute atomic E-state index is 0.0396. The third-order valence-electron chi connectivity index (χ3n) is 3.91. The van der Waals surface area contributed by atoms with Crippen molar-refractivity contribution in [3.8, 4) is 0 Å². The molecule has 1 atom stereocenters. The van der Waals surface area contributed by atoms with Crippen LogP contribution in [0, 0.1) is 5.92 Å². The van der Waals surface area contributed by atoms with Crippen LogP contribution in [-0.4, -0.2) is 5.60 Å². The van der Waals surface area contributed by atoms with Gasteiger partial charge in [-0.05, 0) is 43.7 Å². The van der Waals surface area contributed by atoms with Gasteiger partial charge in [-0.15, -0.1) is 0 Å². The van der Waals surface area contributed by atoms with E-state index in [4.69, 9.17) is 4.74 Å². The molecule has 0 saturated heterocycles. The topological polar surface area (TPSA) is 9.23 Å². The van der Waals surface area contributed by atoms with Crippen LogP contribution in [0.25, 0.3) is 0 Å². The quantitative estimate of drug-likeness (QED) is 0.741. The molecule has 1 aliphatic carbocycles. The molecule has 0 aromatic heterocycles. The smallest absolute Gasteiger partial charge is 0.0838 e. The lowest BCUT2D eigenvalue weighted by atomic mass is 9.94. The monoisotopic (exact) mass is 218 g/mol. The summed E-state index contributed by atoms with van der Waals surface area (Å²) in [5.41, 5.74) is 2.82. The molecule has 1 aromatic rings. The van der Waals surface area contributed by atoms with E-state index in [1.165, 1.54) is 11.1 Å². The van der Waals surface area contributed by atoms with E-state index in [1.54, 1.807) is 0 Å². The Labute approximate surface area is 98.8 Å². The normalized spacial score (nSPS) is 20.2. The molecule has 1 unspecified atom stereocenters. The second-order valence-electron chi connectivity index (χ2n) is 5.60. The lowest BCUT2D eigenvalue weighted by Gasteiger charge is -2.33. The Balaban J connectivity index is 2.15. The summed E-state index contributed by atoms with van der Waals surface area (Å²) >= 11 is 0. The number of ether oxygens (including phenoxy) is 1. The lowest BCUT2D eigenvalue weighted by Crippen LogP contribution is -2.32. The Bertz CT molecular complexity index is 365. The Morgan fingerprint density at radius 1 is 1.25 bits per heavy atom. The van der Waals surface area contributed by atoms with Crippen molar-refractivity contribution < 1.29 is 4.74 Å². The highest BCUT2D eigenvalue weighted by Crippen LogP contribution is 2.38. The minimum Gasteiger partial charge on any atom is -0.367 e. The maximum atomic E-state index is 6.29. The molecule has 0 fully saturated rings. The van der Waals surface area contributed by atoms with Crippen LogP contribution in [-0.2, 0) is 11.2 Å². The van der Waals surface area contributed by atoms with E-state index in [9.17, 15) is 0 Å². The van der Waals surface area contributed by atoms with Crippen molar-refractivity contribution in [3.63, 3.8) is 0 Å². The molecule has 88 valence electrons. The molecule has 2 rings (SSSR count). The predicted octanol–water partition coefficient (Wildman–Crippen LogP) is 4.13. The first-order chi connectivity index (χ1) is 7.50. The number of hydrogen-bond acceptors (Lipinski definition) is 1. The largest absolute Gasteiger partial charge is 0.367 e. The van der Waals surface area contributed by atoms with Gasteiger partial charge >= 0.3 is 0 Å². The van der Waals surface area contributed by atoms with Gasteiger partial charge in [0, 0.05) is 0 Å². The summed E-state index contributed by atoms with van der Waals surface area (Å²) in [6.07, 6.45) is 2.60. The molecule has 0 bridgehead atoms. The molecule has 1 aliphatic rings. The molecule has 1 aromatic carbocycles. The molecule has 0 N–H and O–H groups in total. The molecule has 0 saturated carbocycles. The highest BCUT2D eigenvalue weighted by Gasteiger charge is 2.31. The summed E-state index contributed by atoms with van der Waals surface area (Å²) in [6, 6.07) is 8.67. The van der Waals surface area contributed by atoms with Gasteiger partial charge in [-0.1, -0.05) is 38.1 Å². The Kier molecular flexibility index (Phi) is 3.07. The van der Waals surface area contributed by atoms with E-state index < -0.39 is 0 Å². The van der Waals surface area contributed by atoms with Crippen LogP contribution in [0.4, 0.5) is 0 Å². The van der Waals surface area contributed by atoms with Crippen molar-refractivity contribution >= 4 is 0 Å². The van der Waals surface area contributed by atoms with Crippen molar-refractivity contribution in [2.24, 2.45) is 5.92 Å². The fourth-order valence-electron chi connectivity index (χ4n) is 2.14. The van der Waals surface area contributed by atoms with E-state index in [0.717, 1.165) is 12.8 Å². The van der Waals surface area contributed by atoms with Gasteiger partial charge in [0.1, 0.15) is 0 Å². The number of fused-ring (bicyclic) bond motifs is 1. The third kappa shape index (κ3) is 2.15. The molecule has 0 radical (unpaired) electrons. The van der Waals surface area contributed by atoms with E-state index in [2.05, 4.69) is 52.0 Å². The Hall–Kier alpha value is -0.820. The molecule has 0 aliphatic heterocycles. The van der Waals surface area contributed by atoms with E-state index in [0.29, 0.717) is 12.0 Å². The standard InChI is InChI=1S/C15H22O/c1-11(2)15(3,4)16-14-10-9-12-7-5-6-8-13(12)14/h5-8,11,14H,9-10H2,1-4H3. The summed E-state index contributed by atoms with van der Waals surface area (Å²) in [5, 5.41) is 0. The SMILES string of the molecule is CC(C)C(C)(C)OC1CCc2ccccc21. The van der Waals surface area contributed by atoms with Crippen LogP contribution in [0.2, 0.25) is 0 Å². The Morgan fingerprint density at radius 3 is 2.62 bits per heavy atom. The molecule has 1 nitrogen and oxygen atoms in total. The van der Waals surface area contributed by atoms with Crippen LogP contribution in [0.3, 0.4) is 0 Å². The highest BCUT2D eigenvalue weighted by molar-refractivity contribution is 5.33. The van der Waals surface area contributed by atoms with Gasteiger partial charge < -0.3 is 4.74 Å². The van der Waals surface area contributed by atoms with Gasteiger partial charge in [-0.3, -0.25) is 0 Å². The minimum atomic E-state index is -0.0396. The number of rotatable bonds is 3. The molecule has 16 heavy (non-hydrogen) atoms. The molecule has 0 heterocycles. The third-order valence-corrected chi connectivity index (χ3v) is 3.91. The predicted molar refractivity (Wildman–Crippen MR) is 67.5 cm³/mol. The van der Waals surface area contributed by atoms with Crippen molar-refractivity contribution in [2.45, 2.75) is 52.2 Å². The molecular weight excluding hydrogens is 196 g/mol.